The van der Waals surface area contributed by atoms with Gasteiger partial charge in [-0.25, -0.2) is 0 Å². The third kappa shape index (κ3) is 4.71. The largest absolute Gasteiger partial charge is 0.395 e. The number of amides is 3. The number of hydrogen-bond acceptors (Lipinski definition) is 6. The Morgan fingerprint density at radius 1 is 1.17 bits per heavy atom. The molecule has 5 N–H and O–H groups in total. The van der Waals surface area contributed by atoms with Gasteiger partial charge < -0.3 is 21.7 Å². The van der Waals surface area contributed by atoms with Gasteiger partial charge in [-0.3, -0.25) is 14.4 Å². The van der Waals surface area contributed by atoms with E-state index in [1.54, 1.807) is 4.90 Å². The number of nitrogens with zero attached hydrogens (tertiary/aromatic N) is 2. The maximum atomic E-state index is 13.5. The molecule has 8 nitrogen and oxygen atoms in total. The minimum Gasteiger partial charge on any atom is -0.395 e. The molecule has 2 aliphatic rings. The van der Waals surface area contributed by atoms with E-state index in [0.717, 1.165) is 69.3 Å². The minimum atomic E-state index is -0.755. The van der Waals surface area contributed by atoms with Crippen molar-refractivity contribution in [1.82, 2.24) is 14.6 Å². The molecule has 0 spiro atoms. The molecule has 1 atom stereocenters. The number of carbonyl (C=O) groups is 3. The predicted molar refractivity (Wildman–Crippen MR) is 113 cm³/mol. The second-order valence-electron chi connectivity index (χ2n) is 8.08. The molecule has 2 aliphatic carbocycles. The number of nitrogen functional groups attached to an aromatic ring is 1. The van der Waals surface area contributed by atoms with Crippen LogP contribution in [0.4, 0.5) is 5.69 Å². The highest BCUT2D eigenvalue weighted by Gasteiger charge is 2.39. The van der Waals surface area contributed by atoms with Crippen molar-refractivity contribution >= 4 is 34.9 Å². The standard InChI is InChI=1S/C20H31N5O3S/c1-2-7-14(19(27)23-12-8-3-4-9-12)25(13-10-5-6-11-13)20(28)17-15(21)16(18(22)26)24-29-17/h12-14H,2-11,21H2,1H3,(H2,22,26)(H,23,27)/t14-/m0/s1. The van der Waals surface area contributed by atoms with Crippen LogP contribution in [-0.4, -0.2) is 45.1 Å². The second-order valence-corrected chi connectivity index (χ2v) is 8.86. The average Bonchev–Trinajstić information content (AvgIpc) is 3.43. The Kier molecular flexibility index (Phi) is 7.10. The Morgan fingerprint density at radius 3 is 2.34 bits per heavy atom. The topological polar surface area (TPSA) is 131 Å². The van der Waals surface area contributed by atoms with Crippen molar-refractivity contribution in [2.45, 2.75) is 89.3 Å². The molecule has 3 amide bonds. The van der Waals surface area contributed by atoms with Crippen molar-refractivity contribution in [3.8, 4) is 0 Å². The molecule has 0 aliphatic heterocycles. The van der Waals surface area contributed by atoms with Crippen molar-refractivity contribution < 1.29 is 14.4 Å². The van der Waals surface area contributed by atoms with Crippen LogP contribution in [0, 0.1) is 0 Å². The number of primary amides is 1. The van der Waals surface area contributed by atoms with E-state index in [1.165, 1.54) is 0 Å². The average molecular weight is 422 g/mol. The highest BCUT2D eigenvalue weighted by Crippen LogP contribution is 2.32. The number of rotatable bonds is 8. The first kappa shape index (κ1) is 21.5. The first-order chi connectivity index (χ1) is 13.9. The van der Waals surface area contributed by atoms with Crippen LogP contribution in [0.3, 0.4) is 0 Å². The van der Waals surface area contributed by atoms with Gasteiger partial charge in [0, 0.05) is 12.1 Å². The Labute approximate surface area is 175 Å². The smallest absolute Gasteiger partial charge is 0.270 e. The van der Waals surface area contributed by atoms with Gasteiger partial charge in [0.25, 0.3) is 11.8 Å². The van der Waals surface area contributed by atoms with E-state index in [2.05, 4.69) is 9.69 Å². The van der Waals surface area contributed by atoms with Crippen LogP contribution in [0.25, 0.3) is 0 Å². The molecule has 0 unspecified atom stereocenters. The molecule has 2 saturated carbocycles. The lowest BCUT2D eigenvalue weighted by Crippen LogP contribution is -2.54. The monoisotopic (exact) mass is 421 g/mol. The summed E-state index contributed by atoms with van der Waals surface area (Å²) in [6.07, 6.45) is 9.39. The normalized spacial score (nSPS) is 18.7. The zero-order chi connectivity index (χ0) is 21.0. The van der Waals surface area contributed by atoms with Gasteiger partial charge in [-0.1, -0.05) is 39.0 Å². The van der Waals surface area contributed by atoms with Gasteiger partial charge >= 0.3 is 0 Å². The summed E-state index contributed by atoms with van der Waals surface area (Å²) in [5.41, 5.74) is 11.3. The van der Waals surface area contributed by atoms with Crippen molar-refractivity contribution in [2.24, 2.45) is 5.73 Å². The number of hydrogen-bond donors (Lipinski definition) is 3. The maximum Gasteiger partial charge on any atom is 0.270 e. The first-order valence-corrected chi connectivity index (χ1v) is 11.4. The van der Waals surface area contributed by atoms with Gasteiger partial charge in [0.1, 0.15) is 10.9 Å². The minimum absolute atomic E-state index is 0.00749. The molecule has 0 aromatic carbocycles. The van der Waals surface area contributed by atoms with Crippen molar-refractivity contribution in [3.05, 3.63) is 10.6 Å². The van der Waals surface area contributed by atoms with Crippen LogP contribution in [0.5, 0.6) is 0 Å². The highest BCUT2D eigenvalue weighted by atomic mass is 32.1. The lowest BCUT2D eigenvalue weighted by atomic mass is 10.0. The van der Waals surface area contributed by atoms with Crippen molar-refractivity contribution in [2.75, 3.05) is 5.73 Å². The summed E-state index contributed by atoms with van der Waals surface area (Å²) in [6.45, 7) is 2.01. The van der Waals surface area contributed by atoms with Gasteiger partial charge in [0.05, 0.1) is 5.69 Å². The molecule has 1 aromatic heterocycles. The van der Waals surface area contributed by atoms with E-state index in [-0.39, 0.29) is 40.2 Å². The number of anilines is 1. The zero-order valence-electron chi connectivity index (χ0n) is 17.0. The van der Waals surface area contributed by atoms with Crippen LogP contribution >= 0.6 is 11.5 Å². The van der Waals surface area contributed by atoms with Gasteiger partial charge in [0.15, 0.2) is 5.69 Å². The first-order valence-electron chi connectivity index (χ1n) is 10.6. The fraction of sp³-hybridized carbons (Fsp3) is 0.700. The molecular formula is C20H31N5O3S. The number of aromatic nitrogens is 1. The zero-order valence-corrected chi connectivity index (χ0v) is 17.8. The van der Waals surface area contributed by atoms with Crippen LogP contribution in [0.15, 0.2) is 0 Å². The molecule has 1 aromatic rings. The van der Waals surface area contributed by atoms with Crippen LogP contribution < -0.4 is 16.8 Å². The lowest BCUT2D eigenvalue weighted by Gasteiger charge is -2.36. The quantitative estimate of drug-likeness (QED) is 0.593. The number of carbonyl (C=O) groups excluding carboxylic acids is 3. The van der Waals surface area contributed by atoms with Crippen molar-refractivity contribution in [1.29, 1.82) is 0 Å². The summed E-state index contributed by atoms with van der Waals surface area (Å²) in [5, 5.41) is 3.16. The van der Waals surface area contributed by atoms with E-state index >= 15 is 0 Å². The van der Waals surface area contributed by atoms with Crippen molar-refractivity contribution in [3.63, 3.8) is 0 Å². The second kappa shape index (κ2) is 9.56. The molecule has 3 rings (SSSR count). The summed E-state index contributed by atoms with van der Waals surface area (Å²) < 4.78 is 3.97. The summed E-state index contributed by atoms with van der Waals surface area (Å²) >= 11 is 0.881. The Hall–Kier alpha value is -2.16. The number of nitrogens with two attached hydrogens (primary N) is 2. The van der Waals surface area contributed by atoms with Crippen LogP contribution in [-0.2, 0) is 4.79 Å². The number of nitrogens with one attached hydrogen (secondary N) is 1. The van der Waals surface area contributed by atoms with E-state index in [1.807, 2.05) is 6.92 Å². The predicted octanol–water partition coefficient (Wildman–Crippen LogP) is 2.44. The summed E-state index contributed by atoms with van der Waals surface area (Å²) in [4.78, 5) is 40.2. The summed E-state index contributed by atoms with van der Waals surface area (Å²) in [5.74, 6) is -1.16. The lowest BCUT2D eigenvalue weighted by molar-refractivity contribution is -0.127. The Balaban J connectivity index is 1.90. The third-order valence-electron chi connectivity index (χ3n) is 6.01. The molecule has 29 heavy (non-hydrogen) atoms. The molecule has 2 fully saturated rings. The van der Waals surface area contributed by atoms with Crippen LogP contribution in [0.2, 0.25) is 0 Å². The fourth-order valence-corrected chi connectivity index (χ4v) is 5.28. The van der Waals surface area contributed by atoms with Gasteiger partial charge in [-0.2, -0.15) is 4.37 Å². The molecule has 0 radical (unpaired) electrons. The molecule has 1 heterocycles. The summed E-state index contributed by atoms with van der Waals surface area (Å²) in [7, 11) is 0. The molecule has 0 saturated heterocycles. The fourth-order valence-electron chi connectivity index (χ4n) is 4.53. The van der Waals surface area contributed by atoms with Gasteiger partial charge in [0.2, 0.25) is 5.91 Å². The molecule has 9 heteroatoms. The maximum absolute atomic E-state index is 13.5. The van der Waals surface area contributed by atoms with E-state index < -0.39 is 11.9 Å². The van der Waals surface area contributed by atoms with Gasteiger partial charge in [-0.05, 0) is 43.6 Å². The van der Waals surface area contributed by atoms with Crippen LogP contribution in [0.1, 0.15) is 91.3 Å². The molecule has 160 valence electrons. The Morgan fingerprint density at radius 2 is 1.79 bits per heavy atom. The summed E-state index contributed by atoms with van der Waals surface area (Å²) in [6, 6.07) is -0.362. The Bertz CT molecular complexity index is 753. The van der Waals surface area contributed by atoms with E-state index in [0.29, 0.717) is 6.42 Å². The SMILES string of the molecule is CCC[C@@H](C(=O)NC1CCCC1)N(C(=O)c1snc(C(N)=O)c1N)C1CCCC1. The molecule has 0 bridgehead atoms. The van der Waals surface area contributed by atoms with Gasteiger partial charge in [-0.15, -0.1) is 0 Å². The third-order valence-corrected chi connectivity index (χ3v) is 6.86. The van der Waals surface area contributed by atoms with E-state index in [4.69, 9.17) is 11.5 Å². The van der Waals surface area contributed by atoms with E-state index in [9.17, 15) is 14.4 Å². The highest BCUT2D eigenvalue weighted by molar-refractivity contribution is 7.09. The molecular weight excluding hydrogens is 390 g/mol.